The number of aryl methyl sites for hydroxylation is 2. The quantitative estimate of drug-likeness (QED) is 0.211. The lowest BCUT2D eigenvalue weighted by molar-refractivity contribution is -0.160. The van der Waals surface area contributed by atoms with Gasteiger partial charge in [-0.1, -0.05) is 23.7 Å². The second kappa shape index (κ2) is 10.5. The predicted octanol–water partition coefficient (Wildman–Crippen LogP) is 7.73. The molecular weight excluding hydrogens is 556 g/mol. The van der Waals surface area contributed by atoms with Crippen molar-refractivity contribution in [1.82, 2.24) is 19.9 Å². The van der Waals surface area contributed by atoms with E-state index in [0.29, 0.717) is 16.6 Å². The summed E-state index contributed by atoms with van der Waals surface area (Å²) < 4.78 is 9.40. The fraction of sp³-hybridized carbons (Fsp3) is 0.344. The molecule has 1 aliphatic rings. The molecule has 5 aromatic rings. The van der Waals surface area contributed by atoms with Crippen LogP contribution >= 0.6 is 22.9 Å². The Kier molecular flexibility index (Phi) is 7.14. The van der Waals surface area contributed by atoms with E-state index in [9.17, 15) is 9.90 Å². The Labute approximate surface area is 248 Å². The zero-order valence-electron chi connectivity index (χ0n) is 23.8. The first kappa shape index (κ1) is 27.8. The zero-order chi connectivity index (χ0) is 29.1. The highest BCUT2D eigenvalue weighted by atomic mass is 35.5. The molecule has 0 spiro atoms. The number of imidazole rings is 1. The predicted molar refractivity (Wildman–Crippen MR) is 166 cm³/mol. The number of thiazole rings is 1. The van der Waals surface area contributed by atoms with Gasteiger partial charge in [-0.25, -0.2) is 14.8 Å². The summed E-state index contributed by atoms with van der Waals surface area (Å²) in [4.78, 5) is 22.5. The van der Waals surface area contributed by atoms with E-state index in [1.54, 1.807) is 11.3 Å². The van der Waals surface area contributed by atoms with Crippen LogP contribution in [0.5, 0.6) is 0 Å². The largest absolute Gasteiger partial charge is 0.479 e. The van der Waals surface area contributed by atoms with E-state index in [2.05, 4.69) is 35.0 Å². The molecule has 0 saturated carbocycles. The number of hydrogen-bond donors (Lipinski definition) is 2. The van der Waals surface area contributed by atoms with Crippen molar-refractivity contribution in [2.24, 2.45) is 0 Å². The summed E-state index contributed by atoms with van der Waals surface area (Å²) in [6, 6.07) is 16.2. The summed E-state index contributed by atoms with van der Waals surface area (Å²) in [7, 11) is 0. The van der Waals surface area contributed by atoms with Crippen molar-refractivity contribution in [2.45, 2.75) is 58.8 Å². The molecule has 1 fully saturated rings. The highest BCUT2D eigenvalue weighted by Crippen LogP contribution is 2.44. The van der Waals surface area contributed by atoms with Crippen LogP contribution in [-0.2, 0) is 9.53 Å². The van der Waals surface area contributed by atoms with Gasteiger partial charge in [0.25, 0.3) is 0 Å². The number of aromatic nitrogens is 3. The van der Waals surface area contributed by atoms with E-state index in [0.717, 1.165) is 73.8 Å². The van der Waals surface area contributed by atoms with Crippen molar-refractivity contribution in [3.63, 3.8) is 0 Å². The monoisotopic (exact) mass is 588 g/mol. The number of nitrogens with one attached hydrogen (secondary N) is 1. The van der Waals surface area contributed by atoms with Gasteiger partial charge in [0.15, 0.2) is 6.10 Å². The number of aliphatic carboxylic acids is 1. The Hall–Kier alpha value is -3.30. The topological polar surface area (TPSA) is 89.3 Å². The molecular formula is C32H33ClN4O3S. The van der Waals surface area contributed by atoms with E-state index < -0.39 is 17.7 Å². The van der Waals surface area contributed by atoms with Crippen molar-refractivity contribution < 1.29 is 14.6 Å². The number of carboxylic acids is 1. The number of benzene rings is 3. The number of rotatable bonds is 6. The molecule has 1 unspecified atom stereocenters. The summed E-state index contributed by atoms with van der Waals surface area (Å²) in [6.45, 7) is 11.5. The summed E-state index contributed by atoms with van der Waals surface area (Å²) in [5.41, 5.74) is 6.38. The minimum absolute atomic E-state index is 0.378. The van der Waals surface area contributed by atoms with Gasteiger partial charge in [-0.15, -0.1) is 11.3 Å². The number of nitrogens with zero attached hydrogens (tertiary/aromatic N) is 3. The normalized spacial score (nSPS) is 16.6. The van der Waals surface area contributed by atoms with Gasteiger partial charge >= 0.3 is 5.97 Å². The third-order valence-electron chi connectivity index (χ3n) is 7.53. The average molecular weight is 589 g/mol. The summed E-state index contributed by atoms with van der Waals surface area (Å²) in [5, 5.41) is 15.3. The van der Waals surface area contributed by atoms with E-state index in [1.807, 2.05) is 58.0 Å². The Morgan fingerprint density at radius 3 is 2.49 bits per heavy atom. The molecule has 41 heavy (non-hydrogen) atoms. The van der Waals surface area contributed by atoms with Crippen LogP contribution in [0, 0.1) is 13.8 Å². The second-order valence-electron chi connectivity index (χ2n) is 11.7. The number of fused-ring (bicyclic) bond motifs is 2. The van der Waals surface area contributed by atoms with Crippen LogP contribution in [-0.4, -0.2) is 44.3 Å². The Bertz CT molecular complexity index is 1780. The lowest BCUT2D eigenvalue weighted by Gasteiger charge is -2.28. The van der Waals surface area contributed by atoms with Gasteiger partial charge in [0.2, 0.25) is 0 Å². The zero-order valence-corrected chi connectivity index (χ0v) is 25.4. The Balaban J connectivity index is 1.57. The first-order valence-electron chi connectivity index (χ1n) is 13.8. The van der Waals surface area contributed by atoms with E-state index in [-0.39, 0.29) is 0 Å². The van der Waals surface area contributed by atoms with E-state index >= 15 is 0 Å². The molecule has 212 valence electrons. The maximum absolute atomic E-state index is 12.6. The summed E-state index contributed by atoms with van der Waals surface area (Å²) in [6.07, 6.45) is -0.0738. The Morgan fingerprint density at radius 1 is 1.10 bits per heavy atom. The fourth-order valence-corrected chi connectivity index (χ4v) is 7.08. The standard InChI is InChI=1S/C32H33ClN4O3S/c1-17-14-24-29(27(19-6-9-21(33)10-7-19)26(17)28(31(38)39)40-32(3,4)5)41-30(36-24)20-8-11-23-25(15-20)37(18(2)35-23)22-12-13-34-16-22/h6-11,14-15,22,28,34H,12-13,16H2,1-5H3,(H,38,39)/t22?,28-/m0/s1. The maximum Gasteiger partial charge on any atom is 0.337 e. The smallest absolute Gasteiger partial charge is 0.337 e. The van der Waals surface area contributed by atoms with Crippen LogP contribution < -0.4 is 5.32 Å². The first-order valence-corrected chi connectivity index (χ1v) is 15.0. The third-order valence-corrected chi connectivity index (χ3v) is 8.92. The van der Waals surface area contributed by atoms with Crippen molar-refractivity contribution >= 4 is 50.2 Å². The van der Waals surface area contributed by atoms with Crippen LogP contribution in [0.4, 0.5) is 0 Å². The molecule has 3 aromatic carbocycles. The third kappa shape index (κ3) is 5.26. The van der Waals surface area contributed by atoms with E-state index in [1.165, 1.54) is 0 Å². The molecule has 2 N–H and O–H groups in total. The molecule has 2 aromatic heterocycles. The molecule has 0 amide bonds. The molecule has 1 aliphatic heterocycles. The lowest BCUT2D eigenvalue weighted by Crippen LogP contribution is -2.28. The summed E-state index contributed by atoms with van der Waals surface area (Å²) in [5.74, 6) is -0.0168. The Morgan fingerprint density at radius 2 is 1.83 bits per heavy atom. The molecule has 0 aliphatic carbocycles. The number of halogens is 1. The minimum atomic E-state index is -1.15. The van der Waals surface area contributed by atoms with Crippen molar-refractivity contribution in [1.29, 1.82) is 0 Å². The molecule has 9 heteroatoms. The van der Waals surface area contributed by atoms with Crippen molar-refractivity contribution in [3.8, 4) is 21.7 Å². The number of ether oxygens (including phenoxy) is 1. The SMILES string of the molecule is Cc1cc2nc(-c3ccc4nc(C)n(C5CCNC5)c4c3)sc2c(-c2ccc(Cl)cc2)c1[C@H](OC(C)(C)C)C(=O)O. The maximum atomic E-state index is 12.6. The van der Waals surface area contributed by atoms with Crippen molar-refractivity contribution in [2.75, 3.05) is 13.1 Å². The van der Waals surface area contributed by atoms with Gasteiger partial charge < -0.3 is 19.7 Å². The van der Waals surface area contributed by atoms with Crippen LogP contribution in [0.3, 0.4) is 0 Å². The molecule has 0 radical (unpaired) electrons. The first-order chi connectivity index (χ1) is 19.5. The highest BCUT2D eigenvalue weighted by Gasteiger charge is 2.32. The summed E-state index contributed by atoms with van der Waals surface area (Å²) >= 11 is 7.81. The second-order valence-corrected chi connectivity index (χ2v) is 13.1. The number of carboxylic acid groups (broad SMARTS) is 1. The molecule has 1 saturated heterocycles. The molecule has 3 heterocycles. The number of hydrogen-bond acceptors (Lipinski definition) is 6. The van der Waals surface area contributed by atoms with Gasteiger partial charge in [0, 0.05) is 34.3 Å². The van der Waals surface area contributed by atoms with Gasteiger partial charge in [0.1, 0.15) is 10.8 Å². The minimum Gasteiger partial charge on any atom is -0.479 e. The molecule has 0 bridgehead atoms. The fourth-order valence-electron chi connectivity index (χ4n) is 5.83. The van der Waals surface area contributed by atoms with Crippen LogP contribution in [0.15, 0.2) is 48.5 Å². The highest BCUT2D eigenvalue weighted by molar-refractivity contribution is 7.22. The van der Waals surface area contributed by atoms with Gasteiger partial charge in [-0.2, -0.15) is 0 Å². The average Bonchev–Trinajstić information content (AvgIpc) is 3.64. The van der Waals surface area contributed by atoms with Crippen molar-refractivity contribution in [3.05, 3.63) is 70.5 Å². The van der Waals surface area contributed by atoms with Gasteiger partial charge in [0.05, 0.1) is 26.9 Å². The number of carbonyl (C=O) groups is 1. The van der Waals surface area contributed by atoms with Crippen LogP contribution in [0.25, 0.3) is 42.9 Å². The van der Waals surface area contributed by atoms with Gasteiger partial charge in [-0.05, 0) is 95.1 Å². The molecule has 6 rings (SSSR count). The van der Waals surface area contributed by atoms with Crippen LogP contribution in [0.2, 0.25) is 5.02 Å². The lowest BCUT2D eigenvalue weighted by atomic mass is 9.91. The molecule has 2 atom stereocenters. The van der Waals surface area contributed by atoms with Crippen LogP contribution in [0.1, 0.15) is 56.3 Å². The van der Waals surface area contributed by atoms with E-state index in [4.69, 9.17) is 26.3 Å². The van der Waals surface area contributed by atoms with Gasteiger partial charge in [-0.3, -0.25) is 0 Å². The molecule has 7 nitrogen and oxygen atoms in total.